The average Bonchev–Trinajstić information content (AvgIpc) is 3.07. The number of hydrogen-bond donors (Lipinski definition) is 2. The second kappa shape index (κ2) is 6.18. The number of para-hydroxylation sites is 1. The minimum atomic E-state index is -4.45. The third-order valence-electron chi connectivity index (χ3n) is 3.93. The van der Waals surface area contributed by atoms with E-state index in [2.05, 4.69) is 20.3 Å². The topological polar surface area (TPSA) is 53.6 Å². The van der Waals surface area contributed by atoms with E-state index in [0.29, 0.717) is 22.5 Å². The number of imidazole rings is 1. The predicted octanol–water partition coefficient (Wildman–Crippen LogP) is 5.39. The summed E-state index contributed by atoms with van der Waals surface area (Å²) >= 11 is 0. The van der Waals surface area contributed by atoms with Crippen molar-refractivity contribution in [2.24, 2.45) is 0 Å². The number of benzene rings is 2. The first-order valence-electron chi connectivity index (χ1n) is 7.86. The monoisotopic (exact) mass is 354 g/mol. The van der Waals surface area contributed by atoms with E-state index in [4.69, 9.17) is 0 Å². The van der Waals surface area contributed by atoms with Gasteiger partial charge >= 0.3 is 6.18 Å². The van der Waals surface area contributed by atoms with Gasteiger partial charge in [0.05, 0.1) is 16.8 Å². The van der Waals surface area contributed by atoms with Gasteiger partial charge in [0.15, 0.2) is 0 Å². The molecule has 0 saturated heterocycles. The van der Waals surface area contributed by atoms with Gasteiger partial charge in [-0.15, -0.1) is 0 Å². The summed E-state index contributed by atoms with van der Waals surface area (Å²) in [5.41, 5.74) is 1.13. The highest BCUT2D eigenvalue weighted by molar-refractivity contribution is 5.92. The van der Waals surface area contributed by atoms with Gasteiger partial charge in [0, 0.05) is 11.8 Å². The Bertz CT molecular complexity index is 1060. The minimum absolute atomic E-state index is 0.0139. The maximum atomic E-state index is 13.3. The standard InChI is InChI=1S/C19H13F3N4/c20-19(21,22)13-7-2-1-6-12(13)18-25-15-9-5-8-14(17(15)26-18)24-16-10-3-4-11-23-16/h1-11H,(H,23,24)(H,25,26). The summed E-state index contributed by atoms with van der Waals surface area (Å²) in [5.74, 6) is 0.795. The normalized spacial score (nSPS) is 11.7. The van der Waals surface area contributed by atoms with E-state index in [1.807, 2.05) is 6.07 Å². The van der Waals surface area contributed by atoms with Crippen LogP contribution in [0.1, 0.15) is 5.56 Å². The van der Waals surface area contributed by atoms with Gasteiger partial charge in [0.1, 0.15) is 17.2 Å². The number of halogens is 3. The number of nitrogens with zero attached hydrogens (tertiary/aromatic N) is 2. The number of nitrogens with one attached hydrogen (secondary N) is 2. The van der Waals surface area contributed by atoms with Crippen molar-refractivity contribution < 1.29 is 13.2 Å². The second-order valence-corrected chi connectivity index (χ2v) is 5.67. The van der Waals surface area contributed by atoms with Crippen LogP contribution >= 0.6 is 0 Å². The molecule has 4 nitrogen and oxygen atoms in total. The summed E-state index contributed by atoms with van der Waals surface area (Å²) in [5, 5.41) is 3.14. The highest BCUT2D eigenvalue weighted by atomic mass is 19.4. The number of H-pyrrole nitrogens is 1. The molecule has 0 saturated carbocycles. The quantitative estimate of drug-likeness (QED) is 0.519. The lowest BCUT2D eigenvalue weighted by molar-refractivity contribution is -0.137. The molecule has 0 aliphatic carbocycles. The van der Waals surface area contributed by atoms with Gasteiger partial charge in [-0.1, -0.05) is 30.3 Å². The first kappa shape index (κ1) is 16.1. The van der Waals surface area contributed by atoms with E-state index in [-0.39, 0.29) is 11.4 Å². The Morgan fingerprint density at radius 1 is 0.885 bits per heavy atom. The fourth-order valence-electron chi connectivity index (χ4n) is 2.77. The molecule has 2 aromatic heterocycles. The highest BCUT2D eigenvalue weighted by Gasteiger charge is 2.34. The molecule has 2 heterocycles. The van der Waals surface area contributed by atoms with E-state index in [1.54, 1.807) is 42.6 Å². The molecular weight excluding hydrogens is 341 g/mol. The van der Waals surface area contributed by atoms with Gasteiger partial charge in [-0.3, -0.25) is 0 Å². The number of anilines is 2. The van der Waals surface area contributed by atoms with E-state index in [0.717, 1.165) is 6.07 Å². The smallest absolute Gasteiger partial charge is 0.338 e. The first-order valence-corrected chi connectivity index (χ1v) is 7.86. The number of aromatic nitrogens is 3. The molecule has 4 aromatic rings. The Labute approximate surface area is 146 Å². The summed E-state index contributed by atoms with van der Waals surface area (Å²) in [6.07, 6.45) is -2.80. The molecule has 0 aliphatic heterocycles. The van der Waals surface area contributed by atoms with Crippen LogP contribution in [0.15, 0.2) is 66.9 Å². The van der Waals surface area contributed by atoms with Crippen LogP contribution in [-0.2, 0) is 6.18 Å². The van der Waals surface area contributed by atoms with Crippen molar-refractivity contribution in [3.05, 3.63) is 72.4 Å². The van der Waals surface area contributed by atoms with Crippen LogP contribution in [0.5, 0.6) is 0 Å². The molecule has 0 radical (unpaired) electrons. The van der Waals surface area contributed by atoms with Gasteiger partial charge in [0.2, 0.25) is 0 Å². The lowest BCUT2D eigenvalue weighted by Crippen LogP contribution is -2.07. The second-order valence-electron chi connectivity index (χ2n) is 5.67. The summed E-state index contributed by atoms with van der Waals surface area (Å²) in [6, 6.07) is 16.2. The fraction of sp³-hybridized carbons (Fsp3) is 0.0526. The lowest BCUT2D eigenvalue weighted by Gasteiger charge is -2.10. The van der Waals surface area contributed by atoms with Crippen LogP contribution in [0.3, 0.4) is 0 Å². The molecule has 130 valence electrons. The summed E-state index contributed by atoms with van der Waals surface area (Å²) < 4.78 is 39.9. The van der Waals surface area contributed by atoms with Crippen molar-refractivity contribution in [3.8, 4) is 11.4 Å². The third-order valence-corrected chi connectivity index (χ3v) is 3.93. The molecule has 0 fully saturated rings. The van der Waals surface area contributed by atoms with E-state index in [1.165, 1.54) is 12.1 Å². The van der Waals surface area contributed by atoms with Crippen molar-refractivity contribution in [2.45, 2.75) is 6.18 Å². The van der Waals surface area contributed by atoms with Crippen LogP contribution in [0.2, 0.25) is 0 Å². The van der Waals surface area contributed by atoms with Gasteiger partial charge in [-0.25, -0.2) is 9.97 Å². The molecule has 2 N–H and O–H groups in total. The molecule has 0 unspecified atom stereocenters. The number of aromatic amines is 1. The molecule has 0 spiro atoms. The first-order chi connectivity index (χ1) is 12.5. The molecule has 0 atom stereocenters. The van der Waals surface area contributed by atoms with E-state index >= 15 is 0 Å². The van der Waals surface area contributed by atoms with E-state index in [9.17, 15) is 13.2 Å². The van der Waals surface area contributed by atoms with Crippen molar-refractivity contribution in [3.63, 3.8) is 0 Å². The molecule has 2 aromatic carbocycles. The van der Waals surface area contributed by atoms with E-state index < -0.39 is 11.7 Å². The molecule has 0 amide bonds. The maximum Gasteiger partial charge on any atom is 0.417 e. The Hall–Kier alpha value is -3.35. The zero-order chi connectivity index (χ0) is 18.1. The van der Waals surface area contributed by atoms with Crippen LogP contribution in [-0.4, -0.2) is 15.0 Å². The third kappa shape index (κ3) is 2.99. The molecule has 4 rings (SSSR count). The maximum absolute atomic E-state index is 13.3. The Morgan fingerprint density at radius 3 is 2.46 bits per heavy atom. The average molecular weight is 354 g/mol. The summed E-state index contributed by atoms with van der Waals surface area (Å²) in [6.45, 7) is 0. The SMILES string of the molecule is FC(F)(F)c1ccccc1-c1nc2c(Nc3ccccn3)cccc2[nH]1. The predicted molar refractivity (Wildman–Crippen MR) is 94.1 cm³/mol. The molecule has 7 heteroatoms. The zero-order valence-corrected chi connectivity index (χ0v) is 13.4. The molecule has 0 aliphatic rings. The largest absolute Gasteiger partial charge is 0.417 e. The van der Waals surface area contributed by atoms with Crippen LogP contribution in [0.4, 0.5) is 24.7 Å². The number of alkyl halides is 3. The molecule has 0 bridgehead atoms. The van der Waals surface area contributed by atoms with Crippen molar-refractivity contribution >= 4 is 22.5 Å². The number of hydrogen-bond acceptors (Lipinski definition) is 3. The summed E-state index contributed by atoms with van der Waals surface area (Å²) in [7, 11) is 0. The van der Waals surface area contributed by atoms with Crippen LogP contribution in [0, 0.1) is 0 Å². The fourth-order valence-corrected chi connectivity index (χ4v) is 2.77. The molecular formula is C19H13F3N4. The van der Waals surface area contributed by atoms with Crippen molar-refractivity contribution in [2.75, 3.05) is 5.32 Å². The van der Waals surface area contributed by atoms with Gasteiger partial charge in [0.25, 0.3) is 0 Å². The number of pyridine rings is 1. The Morgan fingerprint density at radius 2 is 1.69 bits per heavy atom. The summed E-state index contributed by atoms with van der Waals surface area (Å²) in [4.78, 5) is 11.6. The minimum Gasteiger partial charge on any atom is -0.338 e. The highest BCUT2D eigenvalue weighted by Crippen LogP contribution is 2.37. The van der Waals surface area contributed by atoms with Crippen LogP contribution in [0.25, 0.3) is 22.4 Å². The lowest BCUT2D eigenvalue weighted by atomic mass is 10.1. The van der Waals surface area contributed by atoms with Gasteiger partial charge in [-0.2, -0.15) is 13.2 Å². The van der Waals surface area contributed by atoms with Gasteiger partial charge in [-0.05, 0) is 30.3 Å². The number of rotatable bonds is 3. The van der Waals surface area contributed by atoms with Crippen LogP contribution < -0.4 is 5.32 Å². The Kier molecular flexibility index (Phi) is 3.84. The zero-order valence-electron chi connectivity index (χ0n) is 13.4. The molecule has 26 heavy (non-hydrogen) atoms. The Balaban J connectivity index is 1.82. The number of fused-ring (bicyclic) bond motifs is 1. The van der Waals surface area contributed by atoms with Crippen molar-refractivity contribution in [1.82, 2.24) is 15.0 Å². The van der Waals surface area contributed by atoms with Gasteiger partial charge < -0.3 is 10.3 Å². The van der Waals surface area contributed by atoms with Crippen molar-refractivity contribution in [1.29, 1.82) is 0 Å².